The standard InChI is InChI=1S/C9H10.C7H12O2/c1-8(2)9-6-4-3-5-7-9;1-3-4-5-6(2)7(8)9/h3-7H,1H2,2H3;2-5H2,1H3,(H,8,9). The monoisotopic (exact) mass is 246 g/mol. The molecule has 0 fully saturated rings. The number of aliphatic carboxylic acids is 1. The highest BCUT2D eigenvalue weighted by Crippen LogP contribution is 2.08. The third-order valence-corrected chi connectivity index (χ3v) is 2.40. The lowest BCUT2D eigenvalue weighted by molar-refractivity contribution is -0.132. The van der Waals surface area contributed by atoms with E-state index in [1.165, 1.54) is 5.56 Å². The lowest BCUT2D eigenvalue weighted by atomic mass is 10.1. The normalized spacial score (nSPS) is 9.00. The number of hydrogen-bond acceptors (Lipinski definition) is 1. The maximum Gasteiger partial charge on any atom is 0.330 e. The summed E-state index contributed by atoms with van der Waals surface area (Å²) >= 11 is 0. The predicted octanol–water partition coefficient (Wildman–Crippen LogP) is 4.54. The van der Waals surface area contributed by atoms with Gasteiger partial charge in [0.2, 0.25) is 0 Å². The predicted molar refractivity (Wildman–Crippen MR) is 77.5 cm³/mol. The van der Waals surface area contributed by atoms with Gasteiger partial charge in [-0.05, 0) is 25.3 Å². The Kier molecular flexibility index (Phi) is 8.29. The number of rotatable bonds is 5. The smallest absolute Gasteiger partial charge is 0.330 e. The van der Waals surface area contributed by atoms with Gasteiger partial charge in [-0.3, -0.25) is 0 Å². The Labute approximate surface area is 110 Å². The largest absolute Gasteiger partial charge is 0.478 e. The van der Waals surface area contributed by atoms with Crippen LogP contribution in [0.25, 0.3) is 5.57 Å². The fourth-order valence-electron chi connectivity index (χ4n) is 1.22. The highest BCUT2D eigenvalue weighted by atomic mass is 16.4. The van der Waals surface area contributed by atoms with Gasteiger partial charge >= 0.3 is 5.97 Å². The molecule has 0 aliphatic rings. The van der Waals surface area contributed by atoms with Crippen LogP contribution in [0.1, 0.15) is 38.7 Å². The Balaban J connectivity index is 0.000000321. The van der Waals surface area contributed by atoms with Gasteiger partial charge in [0.1, 0.15) is 0 Å². The van der Waals surface area contributed by atoms with E-state index in [1.54, 1.807) is 0 Å². The van der Waals surface area contributed by atoms with Crippen LogP contribution in [0.5, 0.6) is 0 Å². The topological polar surface area (TPSA) is 37.3 Å². The quantitative estimate of drug-likeness (QED) is 0.774. The second-order valence-electron chi connectivity index (χ2n) is 4.16. The Morgan fingerprint density at radius 2 is 1.78 bits per heavy atom. The van der Waals surface area contributed by atoms with E-state index in [2.05, 4.69) is 25.3 Å². The van der Waals surface area contributed by atoms with Crippen LogP contribution in [0, 0.1) is 0 Å². The Hall–Kier alpha value is -1.83. The number of unbranched alkanes of at least 4 members (excludes halogenated alkanes) is 1. The van der Waals surface area contributed by atoms with Gasteiger partial charge in [-0.15, -0.1) is 0 Å². The molecule has 0 aromatic heterocycles. The van der Waals surface area contributed by atoms with Crippen molar-refractivity contribution in [1.29, 1.82) is 0 Å². The van der Waals surface area contributed by atoms with Gasteiger partial charge in [-0.2, -0.15) is 0 Å². The summed E-state index contributed by atoms with van der Waals surface area (Å²) in [5.74, 6) is -0.872. The summed E-state index contributed by atoms with van der Waals surface area (Å²) in [7, 11) is 0. The minimum Gasteiger partial charge on any atom is -0.478 e. The molecule has 1 aromatic carbocycles. The number of hydrogen-bond donors (Lipinski definition) is 1. The minimum absolute atomic E-state index is 0.317. The van der Waals surface area contributed by atoms with Gasteiger partial charge in [-0.25, -0.2) is 4.79 Å². The third-order valence-electron chi connectivity index (χ3n) is 2.40. The molecule has 0 amide bonds. The number of carboxylic acid groups (broad SMARTS) is 1. The van der Waals surface area contributed by atoms with Crippen LogP contribution < -0.4 is 0 Å². The van der Waals surface area contributed by atoms with Crippen LogP contribution >= 0.6 is 0 Å². The average molecular weight is 246 g/mol. The molecule has 98 valence electrons. The first kappa shape index (κ1) is 16.2. The van der Waals surface area contributed by atoms with Crippen molar-refractivity contribution in [3.63, 3.8) is 0 Å². The summed E-state index contributed by atoms with van der Waals surface area (Å²) in [6, 6.07) is 10.2. The fraction of sp³-hybridized carbons (Fsp3) is 0.312. The molecule has 0 aliphatic heterocycles. The molecular weight excluding hydrogens is 224 g/mol. The van der Waals surface area contributed by atoms with Crippen molar-refractivity contribution in [2.45, 2.75) is 33.1 Å². The Morgan fingerprint density at radius 1 is 1.22 bits per heavy atom. The Bertz CT molecular complexity index is 391. The van der Waals surface area contributed by atoms with Crippen LogP contribution in [0.4, 0.5) is 0 Å². The van der Waals surface area contributed by atoms with Gasteiger partial charge < -0.3 is 5.11 Å². The summed E-state index contributed by atoms with van der Waals surface area (Å²) < 4.78 is 0. The van der Waals surface area contributed by atoms with Crippen molar-refractivity contribution in [3.05, 3.63) is 54.6 Å². The third kappa shape index (κ3) is 7.44. The number of carboxylic acids is 1. The van der Waals surface area contributed by atoms with E-state index in [9.17, 15) is 4.79 Å². The van der Waals surface area contributed by atoms with Crippen LogP contribution in [-0.2, 0) is 4.79 Å². The number of benzene rings is 1. The van der Waals surface area contributed by atoms with Crippen molar-refractivity contribution in [3.8, 4) is 0 Å². The van der Waals surface area contributed by atoms with Crippen LogP contribution in [0.15, 0.2) is 49.1 Å². The second kappa shape index (κ2) is 9.23. The molecular formula is C16H22O2. The van der Waals surface area contributed by atoms with Gasteiger partial charge in [0.25, 0.3) is 0 Å². The summed E-state index contributed by atoms with van der Waals surface area (Å²) in [4.78, 5) is 10.1. The van der Waals surface area contributed by atoms with Gasteiger partial charge in [-0.1, -0.05) is 62.4 Å². The van der Waals surface area contributed by atoms with Crippen molar-refractivity contribution in [2.24, 2.45) is 0 Å². The molecule has 2 heteroatoms. The molecule has 1 N–H and O–H groups in total. The van der Waals surface area contributed by atoms with E-state index in [0.29, 0.717) is 12.0 Å². The van der Waals surface area contributed by atoms with Crippen molar-refractivity contribution < 1.29 is 9.90 Å². The summed E-state index contributed by atoms with van der Waals surface area (Å²) in [6.07, 6.45) is 2.56. The SMILES string of the molecule is C=C(C)c1ccccc1.C=C(CCCC)C(=O)O. The van der Waals surface area contributed by atoms with Gasteiger partial charge in [0, 0.05) is 5.57 Å². The Morgan fingerprint density at radius 3 is 2.11 bits per heavy atom. The molecule has 0 aliphatic carbocycles. The van der Waals surface area contributed by atoms with Crippen molar-refractivity contribution in [2.75, 3.05) is 0 Å². The molecule has 1 rings (SSSR count). The summed E-state index contributed by atoms with van der Waals surface area (Å²) in [5, 5.41) is 8.31. The van der Waals surface area contributed by atoms with E-state index in [1.807, 2.05) is 32.0 Å². The number of allylic oxidation sites excluding steroid dienone is 1. The highest BCUT2D eigenvalue weighted by molar-refractivity contribution is 5.85. The second-order valence-corrected chi connectivity index (χ2v) is 4.16. The first-order chi connectivity index (χ1) is 8.49. The molecule has 2 nitrogen and oxygen atoms in total. The van der Waals surface area contributed by atoms with E-state index in [-0.39, 0.29) is 0 Å². The number of carbonyl (C=O) groups is 1. The molecule has 0 spiro atoms. The summed E-state index contributed by atoms with van der Waals surface area (Å²) in [5.41, 5.74) is 2.66. The first-order valence-electron chi connectivity index (χ1n) is 6.11. The van der Waals surface area contributed by atoms with E-state index in [0.717, 1.165) is 18.4 Å². The van der Waals surface area contributed by atoms with Gasteiger partial charge in [0.15, 0.2) is 0 Å². The van der Waals surface area contributed by atoms with Crippen LogP contribution in [0.3, 0.4) is 0 Å². The zero-order valence-corrected chi connectivity index (χ0v) is 11.3. The lowest BCUT2D eigenvalue weighted by Gasteiger charge is -1.95. The fourth-order valence-corrected chi connectivity index (χ4v) is 1.22. The first-order valence-corrected chi connectivity index (χ1v) is 6.11. The van der Waals surface area contributed by atoms with Gasteiger partial charge in [0.05, 0.1) is 0 Å². The molecule has 0 saturated carbocycles. The average Bonchev–Trinajstić information content (AvgIpc) is 2.37. The molecule has 0 bridgehead atoms. The molecule has 0 heterocycles. The molecule has 0 unspecified atom stereocenters. The maximum atomic E-state index is 10.1. The lowest BCUT2D eigenvalue weighted by Crippen LogP contribution is -1.97. The summed E-state index contributed by atoms with van der Waals surface area (Å²) in [6.45, 7) is 11.2. The molecule has 1 aromatic rings. The minimum atomic E-state index is -0.872. The van der Waals surface area contributed by atoms with Crippen LogP contribution in [-0.4, -0.2) is 11.1 Å². The van der Waals surface area contributed by atoms with E-state index >= 15 is 0 Å². The van der Waals surface area contributed by atoms with Crippen molar-refractivity contribution in [1.82, 2.24) is 0 Å². The zero-order valence-electron chi connectivity index (χ0n) is 11.3. The molecule has 0 radical (unpaired) electrons. The molecule has 0 saturated heterocycles. The van der Waals surface area contributed by atoms with Crippen molar-refractivity contribution >= 4 is 11.5 Å². The zero-order chi connectivity index (χ0) is 14.0. The molecule has 0 atom stereocenters. The van der Waals surface area contributed by atoms with E-state index < -0.39 is 5.97 Å². The van der Waals surface area contributed by atoms with Crippen LogP contribution in [0.2, 0.25) is 0 Å². The maximum absolute atomic E-state index is 10.1. The van der Waals surface area contributed by atoms with E-state index in [4.69, 9.17) is 5.11 Å². The molecule has 18 heavy (non-hydrogen) atoms. The highest BCUT2D eigenvalue weighted by Gasteiger charge is 2.00.